The Morgan fingerprint density at radius 1 is 1.04 bits per heavy atom. The van der Waals surface area contributed by atoms with Gasteiger partial charge in [0.15, 0.2) is 0 Å². The van der Waals surface area contributed by atoms with Crippen LogP contribution >= 0.6 is 23.2 Å². The van der Waals surface area contributed by atoms with Crippen molar-refractivity contribution in [1.29, 1.82) is 0 Å². The molecule has 0 aliphatic heterocycles. The van der Waals surface area contributed by atoms with Gasteiger partial charge >= 0.3 is 12.0 Å². The number of nitrogens with one attached hydrogen (secondary N) is 2. The van der Waals surface area contributed by atoms with Crippen molar-refractivity contribution in [3.8, 4) is 0 Å². The molecule has 0 aliphatic rings. The van der Waals surface area contributed by atoms with Crippen molar-refractivity contribution in [2.24, 2.45) is 0 Å². The maximum Gasteiger partial charge on any atom is 0.338 e. The number of halogens is 2. The van der Waals surface area contributed by atoms with E-state index < -0.39 is 0 Å². The third kappa shape index (κ3) is 7.12. The van der Waals surface area contributed by atoms with Crippen LogP contribution in [0.1, 0.15) is 35.7 Å². The molecule has 0 radical (unpaired) electrons. The normalized spacial score (nSPS) is 10.3. The number of carbonyl (C=O) groups excluding carboxylic acids is 2. The summed E-state index contributed by atoms with van der Waals surface area (Å²) in [6, 6.07) is 11.6. The molecule has 0 fully saturated rings. The molecule has 0 heterocycles. The van der Waals surface area contributed by atoms with E-state index in [1.165, 1.54) is 0 Å². The largest absolute Gasteiger partial charge is 0.462 e. The summed E-state index contributed by atoms with van der Waals surface area (Å²) in [5.41, 5.74) is 2.03. The molecule has 2 aromatic rings. The quantitative estimate of drug-likeness (QED) is 0.458. The van der Waals surface area contributed by atoms with E-state index in [1.54, 1.807) is 36.4 Å². The fourth-order valence-electron chi connectivity index (χ4n) is 2.27. The van der Waals surface area contributed by atoms with Crippen LogP contribution in [-0.2, 0) is 11.2 Å². The molecule has 144 valence electrons. The van der Waals surface area contributed by atoms with Crippen molar-refractivity contribution < 1.29 is 14.3 Å². The second-order valence-corrected chi connectivity index (χ2v) is 6.76. The van der Waals surface area contributed by atoms with Gasteiger partial charge in [-0.3, -0.25) is 0 Å². The SMILES string of the molecule is CCCCOC(=O)c1ccc(NC(=O)NCCc2ccc(Cl)c(Cl)c2)cc1. The average molecular weight is 409 g/mol. The van der Waals surface area contributed by atoms with Crippen LogP contribution in [0.15, 0.2) is 42.5 Å². The maximum atomic E-state index is 12.0. The number of rotatable bonds is 8. The number of unbranched alkanes of at least 4 members (excludes halogenated alkanes) is 1. The Bertz CT molecular complexity index is 779. The number of hydrogen-bond donors (Lipinski definition) is 2. The molecule has 0 aromatic heterocycles. The van der Waals surface area contributed by atoms with Crippen LogP contribution in [0.4, 0.5) is 10.5 Å². The smallest absolute Gasteiger partial charge is 0.338 e. The van der Waals surface area contributed by atoms with E-state index in [-0.39, 0.29) is 12.0 Å². The summed E-state index contributed by atoms with van der Waals surface area (Å²) in [6.45, 7) is 2.89. The molecule has 2 amide bonds. The van der Waals surface area contributed by atoms with Gasteiger partial charge < -0.3 is 15.4 Å². The van der Waals surface area contributed by atoms with Gasteiger partial charge in [-0.25, -0.2) is 9.59 Å². The summed E-state index contributed by atoms with van der Waals surface area (Å²) in [5, 5.41) is 6.48. The number of urea groups is 1. The van der Waals surface area contributed by atoms with Crippen molar-refractivity contribution in [2.75, 3.05) is 18.5 Å². The summed E-state index contributed by atoms with van der Waals surface area (Å²) < 4.78 is 5.14. The lowest BCUT2D eigenvalue weighted by Crippen LogP contribution is -2.30. The van der Waals surface area contributed by atoms with Crippen LogP contribution < -0.4 is 10.6 Å². The standard InChI is InChI=1S/C20H22Cl2N2O3/c1-2-3-12-27-19(25)15-5-7-16(8-6-15)24-20(26)23-11-10-14-4-9-17(21)18(22)13-14/h4-9,13H,2-3,10-12H2,1H3,(H2,23,24,26). The zero-order valence-electron chi connectivity index (χ0n) is 15.1. The van der Waals surface area contributed by atoms with Crippen molar-refractivity contribution in [1.82, 2.24) is 5.32 Å². The van der Waals surface area contributed by atoms with Crippen LogP contribution in [0.25, 0.3) is 0 Å². The summed E-state index contributed by atoms with van der Waals surface area (Å²) in [7, 11) is 0. The molecule has 0 atom stereocenters. The van der Waals surface area contributed by atoms with Crippen LogP contribution in [0, 0.1) is 0 Å². The van der Waals surface area contributed by atoms with E-state index in [9.17, 15) is 9.59 Å². The lowest BCUT2D eigenvalue weighted by molar-refractivity contribution is 0.0500. The van der Waals surface area contributed by atoms with Crippen molar-refractivity contribution in [3.05, 3.63) is 63.6 Å². The topological polar surface area (TPSA) is 67.4 Å². The highest BCUT2D eigenvalue weighted by molar-refractivity contribution is 6.42. The molecular formula is C20H22Cl2N2O3. The number of ether oxygens (including phenoxy) is 1. The van der Waals surface area contributed by atoms with E-state index in [1.807, 2.05) is 13.0 Å². The van der Waals surface area contributed by atoms with Gasteiger partial charge in [0.2, 0.25) is 0 Å². The summed E-state index contributed by atoms with van der Waals surface area (Å²) >= 11 is 11.8. The minimum Gasteiger partial charge on any atom is -0.462 e. The van der Waals surface area contributed by atoms with Gasteiger partial charge in [-0.15, -0.1) is 0 Å². The Kier molecular flexibility index (Phi) is 8.43. The van der Waals surface area contributed by atoms with Crippen LogP contribution in [-0.4, -0.2) is 25.2 Å². The third-order valence-electron chi connectivity index (χ3n) is 3.79. The fraction of sp³-hybridized carbons (Fsp3) is 0.300. The zero-order valence-corrected chi connectivity index (χ0v) is 16.6. The Balaban J connectivity index is 1.76. The van der Waals surface area contributed by atoms with E-state index in [0.29, 0.717) is 40.9 Å². The summed E-state index contributed by atoms with van der Waals surface area (Å²) in [6.07, 6.45) is 2.44. The van der Waals surface area contributed by atoms with E-state index in [0.717, 1.165) is 18.4 Å². The first-order valence-corrected chi connectivity index (χ1v) is 9.51. The van der Waals surface area contributed by atoms with E-state index >= 15 is 0 Å². The first-order chi connectivity index (χ1) is 13.0. The second-order valence-electron chi connectivity index (χ2n) is 5.95. The van der Waals surface area contributed by atoms with Gasteiger partial charge in [0.1, 0.15) is 0 Å². The number of benzene rings is 2. The highest BCUT2D eigenvalue weighted by atomic mass is 35.5. The van der Waals surface area contributed by atoms with Crippen molar-refractivity contribution in [3.63, 3.8) is 0 Å². The van der Waals surface area contributed by atoms with Gasteiger partial charge in [-0.2, -0.15) is 0 Å². The minimum atomic E-state index is -0.360. The number of amides is 2. The molecule has 7 heteroatoms. The van der Waals surface area contributed by atoms with Gasteiger partial charge in [0, 0.05) is 12.2 Å². The highest BCUT2D eigenvalue weighted by Crippen LogP contribution is 2.22. The third-order valence-corrected chi connectivity index (χ3v) is 4.53. The first kappa shape index (κ1) is 21.1. The number of anilines is 1. The Hall–Kier alpha value is -2.24. The van der Waals surface area contributed by atoms with Crippen LogP contribution in [0.5, 0.6) is 0 Å². The minimum absolute atomic E-state index is 0.326. The Morgan fingerprint density at radius 2 is 1.78 bits per heavy atom. The molecule has 5 nitrogen and oxygen atoms in total. The monoisotopic (exact) mass is 408 g/mol. The molecule has 0 bridgehead atoms. The Morgan fingerprint density at radius 3 is 2.44 bits per heavy atom. The number of hydrogen-bond acceptors (Lipinski definition) is 3. The second kappa shape index (κ2) is 10.8. The molecule has 0 spiro atoms. The summed E-state index contributed by atoms with van der Waals surface area (Å²) in [5.74, 6) is -0.360. The number of esters is 1. The highest BCUT2D eigenvalue weighted by Gasteiger charge is 2.08. The molecule has 0 saturated heterocycles. The van der Waals surface area contributed by atoms with Crippen molar-refractivity contribution in [2.45, 2.75) is 26.2 Å². The van der Waals surface area contributed by atoms with E-state index in [4.69, 9.17) is 27.9 Å². The first-order valence-electron chi connectivity index (χ1n) is 8.75. The number of carbonyl (C=O) groups is 2. The average Bonchev–Trinajstić information content (AvgIpc) is 2.65. The molecule has 0 saturated carbocycles. The van der Waals surface area contributed by atoms with Crippen molar-refractivity contribution >= 4 is 40.9 Å². The lowest BCUT2D eigenvalue weighted by atomic mass is 10.1. The Labute approximate surface area is 169 Å². The molecule has 2 N–H and O–H groups in total. The van der Waals surface area contributed by atoms with E-state index in [2.05, 4.69) is 10.6 Å². The molecule has 27 heavy (non-hydrogen) atoms. The van der Waals surface area contributed by atoms with Gasteiger partial charge in [-0.05, 0) is 54.8 Å². The van der Waals surface area contributed by atoms with Crippen LogP contribution in [0.3, 0.4) is 0 Å². The van der Waals surface area contributed by atoms with Gasteiger partial charge in [-0.1, -0.05) is 42.6 Å². The van der Waals surface area contributed by atoms with Gasteiger partial charge in [0.25, 0.3) is 0 Å². The fourth-order valence-corrected chi connectivity index (χ4v) is 2.59. The molecule has 2 aromatic carbocycles. The summed E-state index contributed by atoms with van der Waals surface area (Å²) in [4.78, 5) is 23.8. The van der Waals surface area contributed by atoms with Crippen LogP contribution in [0.2, 0.25) is 10.0 Å². The van der Waals surface area contributed by atoms with Gasteiger partial charge in [0.05, 0.1) is 22.2 Å². The predicted molar refractivity (Wildman–Crippen MR) is 109 cm³/mol. The molecular weight excluding hydrogens is 387 g/mol. The predicted octanol–water partition coefficient (Wildman–Crippen LogP) is 5.31. The molecule has 0 unspecified atom stereocenters. The zero-order chi connectivity index (χ0) is 19.6. The lowest BCUT2D eigenvalue weighted by Gasteiger charge is -2.09. The molecule has 0 aliphatic carbocycles. The maximum absolute atomic E-state index is 12.0. The molecule has 2 rings (SSSR count).